The number of carbonyl (C=O) groups is 1. The number of anilines is 1. The molecule has 1 unspecified atom stereocenters. The molecule has 0 aliphatic heterocycles. The first kappa shape index (κ1) is 15.9. The number of nitrogens with two attached hydrogens (primary N) is 1. The molecule has 3 N–H and O–H groups in total. The van der Waals surface area contributed by atoms with Crippen molar-refractivity contribution in [1.29, 1.82) is 0 Å². The lowest BCUT2D eigenvalue weighted by Crippen LogP contribution is -2.26. The zero-order chi connectivity index (χ0) is 14.3. The number of rotatable bonds is 7. The van der Waals surface area contributed by atoms with Gasteiger partial charge in [-0.1, -0.05) is 25.1 Å². The van der Waals surface area contributed by atoms with Crippen LogP contribution in [0, 0.1) is 0 Å². The van der Waals surface area contributed by atoms with Gasteiger partial charge in [0.2, 0.25) is 5.91 Å². The Bertz CT molecular complexity index is 398. The minimum Gasteiger partial charge on any atom is -0.327 e. The van der Waals surface area contributed by atoms with E-state index in [4.69, 9.17) is 5.73 Å². The average Bonchev–Trinajstić information content (AvgIpc) is 2.31. The lowest BCUT2D eigenvalue weighted by Gasteiger charge is -2.10. The van der Waals surface area contributed by atoms with Crippen LogP contribution in [0.3, 0.4) is 0 Å². The molecular formula is C13H18F2N2OS. The molecule has 106 valence electrons. The normalized spacial score (nSPS) is 12.5. The summed E-state index contributed by atoms with van der Waals surface area (Å²) in [4.78, 5) is 12.1. The summed E-state index contributed by atoms with van der Waals surface area (Å²) in [5.41, 5.74) is 6.36. The van der Waals surface area contributed by atoms with E-state index < -0.39 is 5.76 Å². The predicted octanol–water partition coefficient (Wildman–Crippen LogP) is 3.46. The molecule has 0 spiro atoms. The van der Waals surface area contributed by atoms with Crippen molar-refractivity contribution < 1.29 is 13.6 Å². The van der Waals surface area contributed by atoms with E-state index in [-0.39, 0.29) is 18.4 Å². The summed E-state index contributed by atoms with van der Waals surface area (Å²) in [6.07, 6.45) is 2.01. The quantitative estimate of drug-likeness (QED) is 0.755. The van der Waals surface area contributed by atoms with Gasteiger partial charge in [-0.3, -0.25) is 4.79 Å². The van der Waals surface area contributed by atoms with Crippen molar-refractivity contribution in [2.75, 3.05) is 5.32 Å². The summed E-state index contributed by atoms with van der Waals surface area (Å²) >= 11 is 0.477. The first-order valence-corrected chi connectivity index (χ1v) is 6.99. The third-order valence-corrected chi connectivity index (χ3v) is 3.19. The number of hydrogen-bond acceptors (Lipinski definition) is 3. The minimum atomic E-state index is -2.44. The van der Waals surface area contributed by atoms with Gasteiger partial charge in [-0.15, -0.1) is 0 Å². The fraction of sp³-hybridized carbons (Fsp3) is 0.462. The number of carbonyl (C=O) groups excluding carboxylic acids is 1. The number of amides is 1. The van der Waals surface area contributed by atoms with Gasteiger partial charge in [-0.05, 0) is 30.7 Å². The van der Waals surface area contributed by atoms with Gasteiger partial charge in [0.15, 0.2) is 0 Å². The van der Waals surface area contributed by atoms with Crippen molar-refractivity contribution in [3.63, 3.8) is 0 Å². The maximum absolute atomic E-state index is 12.1. The maximum Gasteiger partial charge on any atom is 0.288 e. The van der Waals surface area contributed by atoms with Crippen molar-refractivity contribution in [2.45, 2.75) is 42.9 Å². The zero-order valence-electron chi connectivity index (χ0n) is 10.7. The average molecular weight is 288 g/mol. The predicted molar refractivity (Wildman–Crippen MR) is 74.4 cm³/mol. The van der Waals surface area contributed by atoms with Crippen LogP contribution >= 0.6 is 11.8 Å². The molecular weight excluding hydrogens is 270 g/mol. The van der Waals surface area contributed by atoms with Crippen LogP contribution in [0.5, 0.6) is 0 Å². The van der Waals surface area contributed by atoms with Gasteiger partial charge >= 0.3 is 0 Å². The summed E-state index contributed by atoms with van der Waals surface area (Å²) in [6.45, 7) is 2.01. The molecule has 0 radical (unpaired) electrons. The fourth-order valence-electron chi connectivity index (χ4n) is 1.64. The molecule has 6 heteroatoms. The molecule has 1 amide bonds. The van der Waals surface area contributed by atoms with Gasteiger partial charge in [-0.2, -0.15) is 8.78 Å². The molecule has 19 heavy (non-hydrogen) atoms. The molecule has 0 aromatic heterocycles. The second kappa shape index (κ2) is 8.12. The van der Waals surface area contributed by atoms with E-state index >= 15 is 0 Å². The number of alkyl halides is 2. The van der Waals surface area contributed by atoms with Crippen molar-refractivity contribution in [2.24, 2.45) is 5.73 Å². The Morgan fingerprint density at radius 1 is 1.37 bits per heavy atom. The van der Waals surface area contributed by atoms with Crippen molar-refractivity contribution in [3.05, 3.63) is 24.3 Å². The molecule has 1 aromatic rings. The highest BCUT2D eigenvalue weighted by Gasteiger charge is 2.09. The Labute approximate surface area is 115 Å². The van der Waals surface area contributed by atoms with Gasteiger partial charge in [0.05, 0.1) is 0 Å². The number of halogens is 2. The zero-order valence-corrected chi connectivity index (χ0v) is 11.6. The highest BCUT2D eigenvalue weighted by Crippen LogP contribution is 2.26. The Morgan fingerprint density at radius 3 is 2.53 bits per heavy atom. The number of nitrogens with one attached hydrogen (secondary N) is 1. The Hall–Kier alpha value is -1.14. The number of benzene rings is 1. The molecule has 0 heterocycles. The lowest BCUT2D eigenvalue weighted by atomic mass is 10.1. The van der Waals surface area contributed by atoms with Crippen LogP contribution in [0.1, 0.15) is 26.2 Å². The number of hydrogen-bond donors (Lipinski definition) is 2. The van der Waals surface area contributed by atoms with E-state index in [1.807, 2.05) is 6.92 Å². The van der Waals surface area contributed by atoms with E-state index in [1.54, 1.807) is 24.3 Å². The monoisotopic (exact) mass is 288 g/mol. The minimum absolute atomic E-state index is 0.140. The molecule has 3 nitrogen and oxygen atoms in total. The van der Waals surface area contributed by atoms with Crippen molar-refractivity contribution >= 4 is 23.4 Å². The van der Waals surface area contributed by atoms with Gasteiger partial charge in [0.1, 0.15) is 0 Å². The standard InChI is InChI=1S/C13H18F2N2OS/c1-2-3-9(16)8-12(18)17-10-4-6-11(7-5-10)19-13(14)15/h4-7,9,13H,2-3,8,16H2,1H3,(H,17,18). The highest BCUT2D eigenvalue weighted by atomic mass is 32.2. The van der Waals surface area contributed by atoms with Crippen LogP contribution in [0.2, 0.25) is 0 Å². The van der Waals surface area contributed by atoms with Crippen molar-refractivity contribution in [1.82, 2.24) is 0 Å². The largest absolute Gasteiger partial charge is 0.327 e. The lowest BCUT2D eigenvalue weighted by molar-refractivity contribution is -0.116. The van der Waals surface area contributed by atoms with Crippen LogP contribution in [0.25, 0.3) is 0 Å². The summed E-state index contributed by atoms with van der Waals surface area (Å²) in [6, 6.07) is 6.18. The summed E-state index contributed by atoms with van der Waals surface area (Å²) in [5.74, 6) is -2.59. The molecule has 1 atom stereocenters. The second-order valence-electron chi connectivity index (χ2n) is 4.20. The van der Waals surface area contributed by atoms with Crippen LogP contribution in [-0.2, 0) is 4.79 Å². The second-order valence-corrected chi connectivity index (χ2v) is 5.27. The smallest absolute Gasteiger partial charge is 0.288 e. The molecule has 1 aromatic carbocycles. The van der Waals surface area contributed by atoms with Crippen LogP contribution < -0.4 is 11.1 Å². The molecule has 0 saturated heterocycles. The first-order valence-electron chi connectivity index (χ1n) is 6.11. The third kappa shape index (κ3) is 6.54. The van der Waals surface area contributed by atoms with Gasteiger partial charge < -0.3 is 11.1 Å². The Balaban J connectivity index is 2.46. The summed E-state index contributed by atoms with van der Waals surface area (Å²) in [5, 5.41) is 2.70. The fourth-order valence-corrected chi connectivity index (χ4v) is 2.14. The number of thioether (sulfide) groups is 1. The van der Waals surface area contributed by atoms with E-state index in [1.165, 1.54) is 0 Å². The van der Waals surface area contributed by atoms with Gasteiger partial charge in [0.25, 0.3) is 5.76 Å². The van der Waals surface area contributed by atoms with Gasteiger partial charge in [0, 0.05) is 23.0 Å². The molecule has 0 bridgehead atoms. The van der Waals surface area contributed by atoms with E-state index in [9.17, 15) is 13.6 Å². The SMILES string of the molecule is CCCC(N)CC(=O)Nc1ccc(SC(F)F)cc1. The van der Waals surface area contributed by atoms with E-state index in [2.05, 4.69) is 5.32 Å². The molecule has 0 saturated carbocycles. The van der Waals surface area contributed by atoms with Crippen LogP contribution in [0.15, 0.2) is 29.2 Å². The third-order valence-electron chi connectivity index (χ3n) is 2.47. The molecule has 0 fully saturated rings. The summed E-state index contributed by atoms with van der Waals surface area (Å²) in [7, 11) is 0. The Morgan fingerprint density at radius 2 is 2.00 bits per heavy atom. The maximum atomic E-state index is 12.1. The van der Waals surface area contributed by atoms with Crippen LogP contribution in [-0.4, -0.2) is 17.7 Å². The molecule has 0 aliphatic carbocycles. The van der Waals surface area contributed by atoms with E-state index in [0.29, 0.717) is 22.3 Å². The molecule has 0 aliphatic rings. The molecule has 1 rings (SSSR count). The first-order chi connectivity index (χ1) is 9.01. The van der Waals surface area contributed by atoms with E-state index in [0.717, 1.165) is 12.8 Å². The topological polar surface area (TPSA) is 55.1 Å². The van der Waals surface area contributed by atoms with Gasteiger partial charge in [-0.25, -0.2) is 0 Å². The van der Waals surface area contributed by atoms with Crippen molar-refractivity contribution in [3.8, 4) is 0 Å². The summed E-state index contributed by atoms with van der Waals surface area (Å²) < 4.78 is 24.3. The Kier molecular flexibility index (Phi) is 6.80. The van der Waals surface area contributed by atoms with Crippen LogP contribution in [0.4, 0.5) is 14.5 Å². The highest BCUT2D eigenvalue weighted by molar-refractivity contribution is 7.99.